The van der Waals surface area contributed by atoms with Crippen LogP contribution in [-0.2, 0) is 4.74 Å². The number of ether oxygens (including phenoxy) is 1. The van der Waals surface area contributed by atoms with E-state index in [9.17, 15) is 0 Å². The number of hydrogen-bond acceptors (Lipinski definition) is 2. The van der Waals surface area contributed by atoms with Gasteiger partial charge in [-0.2, -0.15) is 0 Å². The standard InChI is InChI=1S/C10H21N3O/c1-7(2)12-10(11)13-5-8(3)14-9(4)6-13/h7-9H,5-6H2,1-4H3,(H2,11,12). The zero-order valence-corrected chi connectivity index (χ0v) is 9.53. The predicted octanol–water partition coefficient (Wildman–Crippen LogP) is 0.819. The quantitative estimate of drug-likeness (QED) is 0.502. The van der Waals surface area contributed by atoms with Crippen molar-refractivity contribution in [3.63, 3.8) is 0 Å². The SMILES string of the molecule is CC(C)N=C(N)N1CC(C)OC(C)C1. The molecule has 1 saturated heterocycles. The maximum absolute atomic E-state index is 5.89. The molecule has 2 N–H and O–H groups in total. The largest absolute Gasteiger partial charge is 0.372 e. The van der Waals surface area contributed by atoms with E-state index in [4.69, 9.17) is 10.5 Å². The van der Waals surface area contributed by atoms with Crippen LogP contribution in [0.1, 0.15) is 27.7 Å². The molecule has 0 spiro atoms. The monoisotopic (exact) mass is 199 g/mol. The van der Waals surface area contributed by atoms with Gasteiger partial charge in [0.2, 0.25) is 0 Å². The van der Waals surface area contributed by atoms with Gasteiger partial charge < -0.3 is 15.4 Å². The van der Waals surface area contributed by atoms with Crippen molar-refractivity contribution in [3.05, 3.63) is 0 Å². The van der Waals surface area contributed by atoms with Gasteiger partial charge in [-0.1, -0.05) is 0 Å². The number of morpholine rings is 1. The average Bonchev–Trinajstić information content (AvgIpc) is 2.00. The van der Waals surface area contributed by atoms with Crippen LogP contribution in [0.4, 0.5) is 0 Å². The zero-order valence-electron chi connectivity index (χ0n) is 9.53. The number of hydrogen-bond donors (Lipinski definition) is 1. The molecular weight excluding hydrogens is 178 g/mol. The van der Waals surface area contributed by atoms with Gasteiger partial charge in [-0.3, -0.25) is 4.99 Å². The van der Waals surface area contributed by atoms with Gasteiger partial charge in [0.1, 0.15) is 0 Å². The molecule has 4 heteroatoms. The van der Waals surface area contributed by atoms with Crippen LogP contribution in [0.5, 0.6) is 0 Å². The van der Waals surface area contributed by atoms with Gasteiger partial charge in [-0.15, -0.1) is 0 Å². The molecule has 1 aliphatic rings. The van der Waals surface area contributed by atoms with Crippen LogP contribution in [0.3, 0.4) is 0 Å². The predicted molar refractivity (Wildman–Crippen MR) is 58.3 cm³/mol. The second kappa shape index (κ2) is 4.64. The maximum atomic E-state index is 5.89. The Labute approximate surface area is 86.1 Å². The van der Waals surface area contributed by atoms with E-state index in [-0.39, 0.29) is 18.2 Å². The van der Waals surface area contributed by atoms with Gasteiger partial charge in [0.05, 0.1) is 12.2 Å². The van der Waals surface area contributed by atoms with Crippen molar-refractivity contribution < 1.29 is 4.74 Å². The Kier molecular flexibility index (Phi) is 3.75. The van der Waals surface area contributed by atoms with Gasteiger partial charge in [-0.25, -0.2) is 0 Å². The van der Waals surface area contributed by atoms with E-state index in [1.165, 1.54) is 0 Å². The molecule has 0 aliphatic carbocycles. The summed E-state index contributed by atoms with van der Waals surface area (Å²) in [6.45, 7) is 9.86. The van der Waals surface area contributed by atoms with Crippen molar-refractivity contribution in [1.82, 2.24) is 4.90 Å². The van der Waals surface area contributed by atoms with E-state index in [2.05, 4.69) is 23.7 Å². The van der Waals surface area contributed by atoms with E-state index in [1.54, 1.807) is 0 Å². The molecule has 1 aliphatic heterocycles. The molecule has 14 heavy (non-hydrogen) atoms. The number of nitrogens with two attached hydrogens (primary N) is 1. The molecule has 0 radical (unpaired) electrons. The Hall–Kier alpha value is -0.770. The van der Waals surface area contributed by atoms with Crippen LogP contribution in [0.25, 0.3) is 0 Å². The van der Waals surface area contributed by atoms with Crippen molar-refractivity contribution in [2.24, 2.45) is 10.7 Å². The Morgan fingerprint density at radius 3 is 2.29 bits per heavy atom. The fourth-order valence-corrected chi connectivity index (χ4v) is 1.71. The molecule has 1 rings (SSSR count). The van der Waals surface area contributed by atoms with Crippen LogP contribution in [0, 0.1) is 0 Å². The van der Waals surface area contributed by atoms with Crippen molar-refractivity contribution in [3.8, 4) is 0 Å². The minimum absolute atomic E-state index is 0.236. The molecule has 0 aromatic carbocycles. The lowest BCUT2D eigenvalue weighted by molar-refractivity contribution is -0.0484. The molecule has 0 bridgehead atoms. The summed E-state index contributed by atoms with van der Waals surface area (Å²) in [6, 6.07) is 0.253. The summed E-state index contributed by atoms with van der Waals surface area (Å²) in [5, 5.41) is 0. The molecule has 0 saturated carbocycles. The third kappa shape index (κ3) is 3.18. The average molecular weight is 199 g/mol. The Morgan fingerprint density at radius 1 is 1.36 bits per heavy atom. The first-order valence-electron chi connectivity index (χ1n) is 5.22. The maximum Gasteiger partial charge on any atom is 0.191 e. The third-order valence-electron chi connectivity index (χ3n) is 2.13. The molecule has 4 nitrogen and oxygen atoms in total. The second-order valence-electron chi connectivity index (χ2n) is 4.24. The highest BCUT2D eigenvalue weighted by Gasteiger charge is 2.23. The van der Waals surface area contributed by atoms with E-state index in [1.807, 2.05) is 13.8 Å². The molecule has 2 atom stereocenters. The Morgan fingerprint density at radius 2 is 1.86 bits per heavy atom. The topological polar surface area (TPSA) is 50.8 Å². The summed E-state index contributed by atoms with van der Waals surface area (Å²) in [7, 11) is 0. The first-order valence-corrected chi connectivity index (χ1v) is 5.22. The smallest absolute Gasteiger partial charge is 0.191 e. The van der Waals surface area contributed by atoms with E-state index < -0.39 is 0 Å². The number of guanidine groups is 1. The van der Waals surface area contributed by atoms with Gasteiger partial charge in [0.25, 0.3) is 0 Å². The minimum Gasteiger partial charge on any atom is -0.372 e. The molecule has 2 unspecified atom stereocenters. The van der Waals surface area contributed by atoms with E-state index in [0.717, 1.165) is 13.1 Å². The third-order valence-corrected chi connectivity index (χ3v) is 2.13. The molecule has 0 aromatic rings. The van der Waals surface area contributed by atoms with E-state index in [0.29, 0.717) is 5.96 Å². The van der Waals surface area contributed by atoms with Gasteiger partial charge in [-0.05, 0) is 27.7 Å². The van der Waals surface area contributed by atoms with Crippen molar-refractivity contribution in [2.75, 3.05) is 13.1 Å². The second-order valence-corrected chi connectivity index (χ2v) is 4.24. The Bertz CT molecular complexity index is 205. The van der Waals surface area contributed by atoms with Crippen LogP contribution >= 0.6 is 0 Å². The first-order chi connectivity index (χ1) is 6.49. The van der Waals surface area contributed by atoms with Crippen molar-refractivity contribution in [2.45, 2.75) is 45.9 Å². The number of aliphatic imine (C=N–C) groups is 1. The molecule has 1 heterocycles. The molecule has 0 amide bonds. The number of nitrogens with zero attached hydrogens (tertiary/aromatic N) is 2. The highest BCUT2D eigenvalue weighted by Crippen LogP contribution is 2.10. The van der Waals surface area contributed by atoms with Crippen molar-refractivity contribution in [1.29, 1.82) is 0 Å². The lowest BCUT2D eigenvalue weighted by atomic mass is 10.2. The highest BCUT2D eigenvalue weighted by atomic mass is 16.5. The van der Waals surface area contributed by atoms with Crippen LogP contribution in [0.2, 0.25) is 0 Å². The number of rotatable bonds is 1. The minimum atomic E-state index is 0.236. The summed E-state index contributed by atoms with van der Waals surface area (Å²) < 4.78 is 5.62. The first kappa shape index (κ1) is 11.3. The summed E-state index contributed by atoms with van der Waals surface area (Å²) in [6.07, 6.45) is 0.472. The fraction of sp³-hybridized carbons (Fsp3) is 0.900. The molecule has 0 aromatic heterocycles. The van der Waals surface area contributed by atoms with Crippen LogP contribution in [-0.4, -0.2) is 42.2 Å². The lowest BCUT2D eigenvalue weighted by Crippen LogP contribution is -2.51. The van der Waals surface area contributed by atoms with Crippen LogP contribution < -0.4 is 5.73 Å². The van der Waals surface area contributed by atoms with Gasteiger partial charge in [0.15, 0.2) is 5.96 Å². The van der Waals surface area contributed by atoms with Gasteiger partial charge in [0, 0.05) is 19.1 Å². The molecular formula is C10H21N3O. The van der Waals surface area contributed by atoms with Gasteiger partial charge >= 0.3 is 0 Å². The zero-order chi connectivity index (χ0) is 10.7. The lowest BCUT2D eigenvalue weighted by Gasteiger charge is -2.36. The van der Waals surface area contributed by atoms with Crippen molar-refractivity contribution >= 4 is 5.96 Å². The Balaban J connectivity index is 2.59. The highest BCUT2D eigenvalue weighted by molar-refractivity contribution is 5.78. The fourth-order valence-electron chi connectivity index (χ4n) is 1.71. The molecule has 1 fully saturated rings. The van der Waals surface area contributed by atoms with Crippen LogP contribution in [0.15, 0.2) is 4.99 Å². The summed E-state index contributed by atoms with van der Waals surface area (Å²) in [4.78, 5) is 6.43. The summed E-state index contributed by atoms with van der Waals surface area (Å²) in [5.41, 5.74) is 5.89. The molecule has 82 valence electrons. The summed E-state index contributed by atoms with van der Waals surface area (Å²) >= 11 is 0. The summed E-state index contributed by atoms with van der Waals surface area (Å²) in [5.74, 6) is 0.641. The van der Waals surface area contributed by atoms with E-state index >= 15 is 0 Å². The normalized spacial score (nSPS) is 29.8.